The van der Waals surface area contributed by atoms with Crippen LogP contribution in [0, 0.1) is 0 Å². The van der Waals surface area contributed by atoms with Gasteiger partial charge in [0.15, 0.2) is 0 Å². The number of piperidine rings is 1. The van der Waals surface area contributed by atoms with E-state index in [1.165, 1.54) is 18.5 Å². The first-order valence-electron chi connectivity index (χ1n) is 7.61. The topological polar surface area (TPSA) is 42.2 Å². The van der Waals surface area contributed by atoms with Crippen LogP contribution in [0.15, 0.2) is 42.9 Å². The average molecular weight is 313 g/mol. The number of hydrogen-bond acceptors (Lipinski definition) is 3. The molecule has 1 saturated heterocycles. The molecule has 0 spiro atoms. The molecule has 1 unspecified atom stereocenters. The van der Waals surface area contributed by atoms with Crippen LogP contribution in [-0.4, -0.2) is 27.5 Å². The fourth-order valence-corrected chi connectivity index (χ4v) is 3.23. The van der Waals surface area contributed by atoms with Crippen LogP contribution >= 0.6 is 11.6 Å². The minimum atomic E-state index is 0.527. The Hall–Kier alpha value is -1.91. The van der Waals surface area contributed by atoms with E-state index in [-0.39, 0.29) is 0 Å². The first kappa shape index (κ1) is 13.7. The van der Waals surface area contributed by atoms with E-state index in [2.05, 4.69) is 27.4 Å². The zero-order valence-corrected chi connectivity index (χ0v) is 12.9. The molecular formula is C17H17ClN4. The Kier molecular flexibility index (Phi) is 3.56. The van der Waals surface area contributed by atoms with Crippen LogP contribution in [0.2, 0.25) is 5.02 Å². The second-order valence-corrected chi connectivity index (χ2v) is 6.17. The quantitative estimate of drug-likeness (QED) is 0.787. The number of fused-ring (bicyclic) bond motifs is 1. The largest absolute Gasteiger partial charge is 0.316 e. The van der Waals surface area contributed by atoms with Crippen LogP contribution < -0.4 is 5.32 Å². The van der Waals surface area contributed by atoms with Gasteiger partial charge in [-0.1, -0.05) is 11.6 Å². The Morgan fingerprint density at radius 1 is 1.14 bits per heavy atom. The first-order chi connectivity index (χ1) is 10.8. The lowest BCUT2D eigenvalue weighted by Gasteiger charge is -2.22. The predicted molar refractivity (Wildman–Crippen MR) is 88.3 cm³/mol. The molecule has 1 aliphatic heterocycles. The molecule has 0 amide bonds. The van der Waals surface area contributed by atoms with Gasteiger partial charge >= 0.3 is 0 Å². The number of imidazole rings is 1. The van der Waals surface area contributed by atoms with Crippen molar-refractivity contribution in [1.29, 1.82) is 0 Å². The summed E-state index contributed by atoms with van der Waals surface area (Å²) in [4.78, 5) is 9.09. The molecule has 0 aliphatic carbocycles. The number of nitrogens with zero attached hydrogens (tertiary/aromatic N) is 3. The van der Waals surface area contributed by atoms with Crippen molar-refractivity contribution < 1.29 is 0 Å². The third-order valence-corrected chi connectivity index (χ3v) is 4.49. The van der Waals surface area contributed by atoms with Gasteiger partial charge in [-0.2, -0.15) is 0 Å². The van der Waals surface area contributed by atoms with Crippen molar-refractivity contribution in [3.8, 4) is 11.3 Å². The van der Waals surface area contributed by atoms with Crippen molar-refractivity contribution in [2.24, 2.45) is 0 Å². The summed E-state index contributed by atoms with van der Waals surface area (Å²) in [5.74, 6) is 0.527. The number of hydrogen-bond donors (Lipinski definition) is 1. The van der Waals surface area contributed by atoms with E-state index in [0.717, 1.165) is 30.0 Å². The van der Waals surface area contributed by atoms with Gasteiger partial charge in [0, 0.05) is 36.1 Å². The Labute approximate surface area is 134 Å². The molecule has 4 nitrogen and oxygen atoms in total. The summed E-state index contributed by atoms with van der Waals surface area (Å²) in [5, 5.41) is 4.14. The lowest BCUT2D eigenvalue weighted by atomic mass is 9.95. The van der Waals surface area contributed by atoms with Gasteiger partial charge in [0.25, 0.3) is 0 Å². The molecule has 4 heterocycles. The monoisotopic (exact) mass is 312 g/mol. The van der Waals surface area contributed by atoms with Crippen LogP contribution in [0.3, 0.4) is 0 Å². The summed E-state index contributed by atoms with van der Waals surface area (Å²) in [6, 6.07) is 8.03. The van der Waals surface area contributed by atoms with Gasteiger partial charge in [-0.3, -0.25) is 9.38 Å². The van der Waals surface area contributed by atoms with Gasteiger partial charge in [0.2, 0.25) is 0 Å². The molecule has 0 bridgehead atoms. The highest BCUT2D eigenvalue weighted by Gasteiger charge is 2.16. The second kappa shape index (κ2) is 5.71. The van der Waals surface area contributed by atoms with Gasteiger partial charge in [-0.05, 0) is 43.7 Å². The second-order valence-electron chi connectivity index (χ2n) is 5.73. The van der Waals surface area contributed by atoms with Crippen molar-refractivity contribution >= 4 is 17.2 Å². The molecule has 3 aromatic rings. The zero-order valence-electron chi connectivity index (χ0n) is 12.2. The molecule has 1 N–H and O–H groups in total. The molecule has 1 atom stereocenters. The van der Waals surface area contributed by atoms with Gasteiger partial charge in [-0.15, -0.1) is 0 Å². The summed E-state index contributed by atoms with van der Waals surface area (Å²) in [7, 11) is 0. The van der Waals surface area contributed by atoms with E-state index < -0.39 is 0 Å². The van der Waals surface area contributed by atoms with Crippen molar-refractivity contribution in [2.45, 2.75) is 18.8 Å². The Morgan fingerprint density at radius 2 is 2.09 bits per heavy atom. The Bertz CT molecular complexity index is 788. The van der Waals surface area contributed by atoms with Crippen molar-refractivity contribution in [1.82, 2.24) is 19.7 Å². The number of nitrogens with one attached hydrogen (secondary N) is 1. The van der Waals surface area contributed by atoms with Crippen LogP contribution in [0.1, 0.15) is 24.5 Å². The third-order valence-electron chi connectivity index (χ3n) is 4.27. The predicted octanol–water partition coefficient (Wildman–Crippen LogP) is 3.52. The van der Waals surface area contributed by atoms with Gasteiger partial charge in [-0.25, -0.2) is 4.98 Å². The van der Waals surface area contributed by atoms with Crippen LogP contribution in [-0.2, 0) is 0 Å². The Balaban J connectivity index is 1.68. The van der Waals surface area contributed by atoms with Crippen LogP contribution in [0.4, 0.5) is 0 Å². The van der Waals surface area contributed by atoms with E-state index in [0.29, 0.717) is 10.9 Å². The fourth-order valence-electron chi connectivity index (χ4n) is 3.07. The maximum absolute atomic E-state index is 6.09. The number of pyridine rings is 2. The summed E-state index contributed by atoms with van der Waals surface area (Å²) < 4.78 is 2.00. The molecular weight excluding hydrogens is 296 g/mol. The highest BCUT2D eigenvalue weighted by atomic mass is 35.5. The van der Waals surface area contributed by atoms with Crippen molar-refractivity contribution in [3.63, 3.8) is 0 Å². The summed E-state index contributed by atoms with van der Waals surface area (Å²) in [6.45, 7) is 2.15. The summed E-state index contributed by atoms with van der Waals surface area (Å²) in [6.07, 6.45) is 8.13. The molecule has 1 fully saturated rings. The Morgan fingerprint density at radius 3 is 2.86 bits per heavy atom. The molecule has 4 rings (SSSR count). The van der Waals surface area contributed by atoms with E-state index in [1.54, 1.807) is 0 Å². The number of halogens is 1. The van der Waals surface area contributed by atoms with Gasteiger partial charge in [0.05, 0.1) is 16.9 Å². The van der Waals surface area contributed by atoms with Gasteiger partial charge < -0.3 is 5.32 Å². The van der Waals surface area contributed by atoms with Gasteiger partial charge in [0.1, 0.15) is 5.65 Å². The highest BCUT2D eigenvalue weighted by Crippen LogP contribution is 2.25. The highest BCUT2D eigenvalue weighted by molar-refractivity contribution is 6.30. The number of rotatable bonds is 2. The minimum absolute atomic E-state index is 0.527. The molecule has 0 saturated carbocycles. The maximum Gasteiger partial charge on any atom is 0.137 e. The normalized spacial score (nSPS) is 18.7. The molecule has 0 aromatic carbocycles. The summed E-state index contributed by atoms with van der Waals surface area (Å²) in [5.41, 5.74) is 4.13. The van der Waals surface area contributed by atoms with Crippen LogP contribution in [0.5, 0.6) is 0 Å². The first-order valence-corrected chi connectivity index (χ1v) is 7.99. The average Bonchev–Trinajstić information content (AvgIpc) is 2.99. The smallest absolute Gasteiger partial charge is 0.137 e. The number of aromatic nitrogens is 3. The zero-order chi connectivity index (χ0) is 14.9. The fraction of sp³-hybridized carbons (Fsp3) is 0.294. The molecule has 0 radical (unpaired) electrons. The lowest BCUT2D eigenvalue weighted by Crippen LogP contribution is -2.28. The standard InChI is InChI=1S/C17H17ClN4/c18-14-4-6-17-21-10-16(22(17)11-14)13-3-5-15(20-9-13)12-2-1-7-19-8-12/h3-6,9-12,19H,1-2,7-8H2. The molecule has 112 valence electrons. The third kappa shape index (κ3) is 2.49. The molecule has 5 heteroatoms. The molecule has 1 aliphatic rings. The van der Waals surface area contributed by atoms with Crippen molar-refractivity contribution in [2.75, 3.05) is 13.1 Å². The van der Waals surface area contributed by atoms with Crippen LogP contribution in [0.25, 0.3) is 16.9 Å². The van der Waals surface area contributed by atoms with Crippen molar-refractivity contribution in [3.05, 3.63) is 53.6 Å². The van der Waals surface area contributed by atoms with E-state index >= 15 is 0 Å². The van der Waals surface area contributed by atoms with E-state index in [4.69, 9.17) is 11.6 Å². The molecule has 3 aromatic heterocycles. The SMILES string of the molecule is Clc1ccc2ncc(-c3ccc(C4CCCNC4)nc3)n2c1. The minimum Gasteiger partial charge on any atom is -0.316 e. The van der Waals surface area contributed by atoms with E-state index in [9.17, 15) is 0 Å². The maximum atomic E-state index is 6.09. The lowest BCUT2D eigenvalue weighted by molar-refractivity contribution is 0.455. The summed E-state index contributed by atoms with van der Waals surface area (Å²) >= 11 is 6.09. The molecule has 22 heavy (non-hydrogen) atoms. The van der Waals surface area contributed by atoms with E-state index in [1.807, 2.05) is 35.1 Å².